The van der Waals surface area contributed by atoms with Crippen molar-refractivity contribution in [1.29, 1.82) is 0 Å². The Balaban J connectivity index is 1.83. The van der Waals surface area contributed by atoms with E-state index in [9.17, 15) is 4.79 Å². The average molecular weight is 273 g/mol. The van der Waals surface area contributed by atoms with Crippen molar-refractivity contribution in [3.8, 4) is 0 Å². The van der Waals surface area contributed by atoms with Gasteiger partial charge in [0.05, 0.1) is 0 Å². The number of nitrogens with two attached hydrogens (primary N) is 1. The molecule has 0 fully saturated rings. The van der Waals surface area contributed by atoms with E-state index in [0.717, 1.165) is 5.56 Å². The van der Waals surface area contributed by atoms with Gasteiger partial charge in [-0.05, 0) is 52.7 Å². The highest BCUT2D eigenvalue weighted by Crippen LogP contribution is 2.17. The van der Waals surface area contributed by atoms with Crippen molar-refractivity contribution in [3.63, 3.8) is 0 Å². The van der Waals surface area contributed by atoms with Crippen LogP contribution in [-0.4, -0.2) is 5.78 Å². The lowest BCUT2D eigenvalue weighted by molar-refractivity contribution is 0.104. The Morgan fingerprint density at radius 1 is 0.857 bits per heavy atom. The van der Waals surface area contributed by atoms with Crippen LogP contribution in [0.3, 0.4) is 0 Å². The second-order valence-corrected chi connectivity index (χ2v) is 4.93. The molecule has 3 aromatic rings. The minimum atomic E-state index is -0.0249. The minimum absolute atomic E-state index is 0.0249. The van der Waals surface area contributed by atoms with Gasteiger partial charge in [-0.15, -0.1) is 0 Å². The van der Waals surface area contributed by atoms with Crippen LogP contribution < -0.4 is 5.73 Å². The lowest BCUT2D eigenvalue weighted by Gasteiger charge is -1.99. The monoisotopic (exact) mass is 273 g/mol. The molecule has 0 amide bonds. The number of anilines is 1. The van der Waals surface area contributed by atoms with E-state index in [2.05, 4.69) is 24.3 Å². The van der Waals surface area contributed by atoms with Gasteiger partial charge in [0, 0.05) is 11.3 Å². The second kappa shape index (κ2) is 5.63. The van der Waals surface area contributed by atoms with Crippen LogP contribution in [0.25, 0.3) is 16.8 Å². The molecule has 0 radical (unpaired) electrons. The van der Waals surface area contributed by atoms with E-state index in [4.69, 9.17) is 5.73 Å². The molecule has 102 valence electrons. The minimum Gasteiger partial charge on any atom is -0.399 e. The zero-order valence-electron chi connectivity index (χ0n) is 11.5. The predicted molar refractivity (Wildman–Crippen MR) is 88.2 cm³/mol. The van der Waals surface area contributed by atoms with Gasteiger partial charge in [0.1, 0.15) is 0 Å². The molecule has 0 aliphatic rings. The van der Waals surface area contributed by atoms with Gasteiger partial charge in [-0.3, -0.25) is 4.79 Å². The van der Waals surface area contributed by atoms with Crippen LogP contribution in [0.2, 0.25) is 0 Å². The van der Waals surface area contributed by atoms with Gasteiger partial charge >= 0.3 is 0 Å². The number of hydrogen-bond donors (Lipinski definition) is 1. The summed E-state index contributed by atoms with van der Waals surface area (Å²) in [4.78, 5) is 12.1. The third-order valence-corrected chi connectivity index (χ3v) is 3.40. The summed E-state index contributed by atoms with van der Waals surface area (Å²) in [6.45, 7) is 0. The first kappa shape index (κ1) is 13.1. The Morgan fingerprint density at radius 2 is 1.57 bits per heavy atom. The normalized spacial score (nSPS) is 11.0. The molecule has 2 N–H and O–H groups in total. The molecule has 3 rings (SSSR count). The first-order valence-corrected chi connectivity index (χ1v) is 6.79. The molecule has 0 saturated carbocycles. The zero-order chi connectivity index (χ0) is 14.7. The summed E-state index contributed by atoms with van der Waals surface area (Å²) in [5.74, 6) is -0.0249. The fourth-order valence-electron chi connectivity index (χ4n) is 2.23. The molecule has 0 bridgehead atoms. The number of hydrogen-bond acceptors (Lipinski definition) is 2. The molecule has 3 aromatic carbocycles. The molecule has 2 heteroatoms. The molecule has 0 spiro atoms. The van der Waals surface area contributed by atoms with Gasteiger partial charge in [0.25, 0.3) is 0 Å². The number of carbonyl (C=O) groups excluding carboxylic acids is 1. The standard InChI is InChI=1S/C19H15NO/c20-18-10-8-16(9-11-18)19(21)12-6-14-5-7-15-3-1-2-4-17(15)13-14/h1-13H,20H2. The molecule has 0 aliphatic heterocycles. The summed E-state index contributed by atoms with van der Waals surface area (Å²) < 4.78 is 0. The van der Waals surface area contributed by atoms with Crippen molar-refractivity contribution in [2.75, 3.05) is 5.73 Å². The second-order valence-electron chi connectivity index (χ2n) is 4.93. The number of benzene rings is 3. The summed E-state index contributed by atoms with van der Waals surface area (Å²) in [6, 6.07) is 21.2. The van der Waals surface area contributed by atoms with Crippen LogP contribution in [0.4, 0.5) is 5.69 Å². The molecule has 0 unspecified atom stereocenters. The SMILES string of the molecule is Nc1ccc(C(=O)C=Cc2ccc3ccccc3c2)cc1. The van der Waals surface area contributed by atoms with Crippen LogP contribution in [0, 0.1) is 0 Å². The Hall–Kier alpha value is -2.87. The summed E-state index contributed by atoms with van der Waals surface area (Å²) >= 11 is 0. The molecule has 2 nitrogen and oxygen atoms in total. The third kappa shape index (κ3) is 3.00. The Bertz CT molecular complexity index is 816. The van der Waals surface area contributed by atoms with Crippen molar-refractivity contribution >= 4 is 28.3 Å². The summed E-state index contributed by atoms with van der Waals surface area (Å²) in [5, 5.41) is 2.36. The maximum Gasteiger partial charge on any atom is 0.185 e. The number of rotatable bonds is 3. The fourth-order valence-corrected chi connectivity index (χ4v) is 2.23. The molecule has 0 aromatic heterocycles. The molecule has 0 aliphatic carbocycles. The van der Waals surface area contributed by atoms with E-state index >= 15 is 0 Å². The van der Waals surface area contributed by atoms with E-state index in [1.807, 2.05) is 24.3 Å². The molecule has 21 heavy (non-hydrogen) atoms. The van der Waals surface area contributed by atoms with Gasteiger partial charge in [0.2, 0.25) is 0 Å². The summed E-state index contributed by atoms with van der Waals surface area (Å²) in [6.07, 6.45) is 3.43. The van der Waals surface area contributed by atoms with Crippen molar-refractivity contribution < 1.29 is 4.79 Å². The number of ketones is 1. The maximum atomic E-state index is 12.1. The first-order chi connectivity index (χ1) is 10.2. The van der Waals surface area contributed by atoms with Crippen LogP contribution in [-0.2, 0) is 0 Å². The highest BCUT2D eigenvalue weighted by Gasteiger charge is 2.01. The highest BCUT2D eigenvalue weighted by molar-refractivity contribution is 6.07. The predicted octanol–water partition coefficient (Wildman–Crippen LogP) is 4.32. The Kier molecular flexibility index (Phi) is 3.52. The smallest absolute Gasteiger partial charge is 0.185 e. The van der Waals surface area contributed by atoms with Crippen LogP contribution in [0.1, 0.15) is 15.9 Å². The number of fused-ring (bicyclic) bond motifs is 1. The van der Waals surface area contributed by atoms with Crippen LogP contribution in [0.5, 0.6) is 0 Å². The van der Waals surface area contributed by atoms with Crippen LogP contribution in [0.15, 0.2) is 72.8 Å². The number of nitrogen functional groups attached to an aromatic ring is 1. The lowest BCUT2D eigenvalue weighted by Crippen LogP contribution is -1.94. The largest absolute Gasteiger partial charge is 0.399 e. The van der Waals surface area contributed by atoms with Crippen molar-refractivity contribution in [2.24, 2.45) is 0 Å². The van der Waals surface area contributed by atoms with E-state index in [1.165, 1.54) is 10.8 Å². The van der Waals surface area contributed by atoms with Gasteiger partial charge < -0.3 is 5.73 Å². The van der Waals surface area contributed by atoms with Gasteiger partial charge in [0.15, 0.2) is 5.78 Å². The molecular formula is C19H15NO. The molecule has 0 heterocycles. The van der Waals surface area contributed by atoms with E-state index in [1.54, 1.807) is 30.3 Å². The van der Waals surface area contributed by atoms with Crippen molar-refractivity contribution in [1.82, 2.24) is 0 Å². The van der Waals surface area contributed by atoms with E-state index in [0.29, 0.717) is 11.3 Å². The van der Waals surface area contributed by atoms with Gasteiger partial charge in [-0.2, -0.15) is 0 Å². The fraction of sp³-hybridized carbons (Fsp3) is 0. The zero-order valence-corrected chi connectivity index (χ0v) is 11.5. The van der Waals surface area contributed by atoms with Gasteiger partial charge in [-0.25, -0.2) is 0 Å². The van der Waals surface area contributed by atoms with Crippen molar-refractivity contribution in [3.05, 3.63) is 83.9 Å². The number of carbonyl (C=O) groups is 1. The summed E-state index contributed by atoms with van der Waals surface area (Å²) in [7, 11) is 0. The Labute approximate surface area is 123 Å². The Morgan fingerprint density at radius 3 is 2.33 bits per heavy atom. The first-order valence-electron chi connectivity index (χ1n) is 6.79. The van der Waals surface area contributed by atoms with E-state index < -0.39 is 0 Å². The quantitative estimate of drug-likeness (QED) is 0.439. The lowest BCUT2D eigenvalue weighted by atomic mass is 10.1. The van der Waals surface area contributed by atoms with Gasteiger partial charge in [-0.1, -0.05) is 42.5 Å². The molecule has 0 saturated heterocycles. The maximum absolute atomic E-state index is 12.1. The van der Waals surface area contributed by atoms with E-state index in [-0.39, 0.29) is 5.78 Å². The third-order valence-electron chi connectivity index (χ3n) is 3.40. The molecular weight excluding hydrogens is 258 g/mol. The average Bonchev–Trinajstić information content (AvgIpc) is 2.53. The number of allylic oxidation sites excluding steroid dienone is 1. The molecule has 0 atom stereocenters. The summed E-state index contributed by atoms with van der Waals surface area (Å²) in [5.41, 5.74) is 7.92. The van der Waals surface area contributed by atoms with Crippen molar-refractivity contribution in [2.45, 2.75) is 0 Å². The highest BCUT2D eigenvalue weighted by atomic mass is 16.1. The topological polar surface area (TPSA) is 43.1 Å². The van der Waals surface area contributed by atoms with Crippen LogP contribution >= 0.6 is 0 Å².